The van der Waals surface area contributed by atoms with E-state index in [9.17, 15) is 0 Å². The third-order valence-corrected chi connectivity index (χ3v) is 4.88. The molecule has 1 aliphatic heterocycles. The summed E-state index contributed by atoms with van der Waals surface area (Å²) in [5.74, 6) is 1.73. The van der Waals surface area contributed by atoms with Gasteiger partial charge >= 0.3 is 0 Å². The van der Waals surface area contributed by atoms with E-state index in [4.69, 9.17) is 10.00 Å². The van der Waals surface area contributed by atoms with Crippen molar-refractivity contribution < 1.29 is 4.74 Å². The molecule has 0 unspecified atom stereocenters. The quantitative estimate of drug-likeness (QED) is 0.661. The van der Waals surface area contributed by atoms with E-state index in [0.717, 1.165) is 44.0 Å². The summed E-state index contributed by atoms with van der Waals surface area (Å²) in [5.41, 5.74) is 1.51. The number of ether oxygens (including phenoxy) is 1. The molecule has 2 aromatic rings. The van der Waals surface area contributed by atoms with Crippen LogP contribution in [0.2, 0.25) is 0 Å². The van der Waals surface area contributed by atoms with Crippen molar-refractivity contribution in [2.45, 2.75) is 46.6 Å². The Labute approximate surface area is 158 Å². The zero-order valence-corrected chi connectivity index (χ0v) is 16.2. The monoisotopic (exact) mass is 350 g/mol. The first-order chi connectivity index (χ1) is 12.7. The molecule has 138 valence electrons. The molecule has 0 saturated carbocycles. The number of para-hydroxylation sites is 1. The van der Waals surface area contributed by atoms with E-state index in [2.05, 4.69) is 30.0 Å². The van der Waals surface area contributed by atoms with Crippen LogP contribution in [0, 0.1) is 16.7 Å². The summed E-state index contributed by atoms with van der Waals surface area (Å²) in [6, 6.07) is 20.5. The molecule has 26 heavy (non-hydrogen) atoms. The van der Waals surface area contributed by atoms with Gasteiger partial charge in [0.2, 0.25) is 0 Å². The summed E-state index contributed by atoms with van der Waals surface area (Å²) in [7, 11) is 0. The van der Waals surface area contributed by atoms with Crippen LogP contribution in [0.1, 0.15) is 45.6 Å². The molecule has 0 spiro atoms. The lowest BCUT2D eigenvalue weighted by molar-refractivity contribution is 0.116. The number of rotatable bonds is 5. The number of piperidine rings is 1. The minimum atomic E-state index is 0.207. The zero-order valence-electron chi connectivity index (χ0n) is 16.2. The predicted molar refractivity (Wildman–Crippen MR) is 107 cm³/mol. The van der Waals surface area contributed by atoms with Gasteiger partial charge < -0.3 is 4.74 Å². The van der Waals surface area contributed by atoms with Crippen molar-refractivity contribution in [3.05, 3.63) is 60.2 Å². The molecule has 3 heteroatoms. The fourth-order valence-electron chi connectivity index (χ4n) is 3.16. The summed E-state index contributed by atoms with van der Waals surface area (Å²) in [4.78, 5) is 2.48. The maximum atomic E-state index is 8.94. The Kier molecular flexibility index (Phi) is 7.69. The Bertz CT molecular complexity index is 680. The molecule has 0 aromatic heterocycles. The molecule has 0 atom stereocenters. The van der Waals surface area contributed by atoms with E-state index in [1.165, 1.54) is 5.56 Å². The lowest BCUT2D eigenvalue weighted by atomic mass is 9.78. The highest BCUT2D eigenvalue weighted by molar-refractivity contribution is 5.32. The highest BCUT2D eigenvalue weighted by atomic mass is 16.5. The van der Waals surface area contributed by atoms with Gasteiger partial charge in [-0.25, -0.2) is 0 Å². The highest BCUT2D eigenvalue weighted by Crippen LogP contribution is 2.34. The highest BCUT2D eigenvalue weighted by Gasteiger charge is 2.29. The summed E-state index contributed by atoms with van der Waals surface area (Å²) in [6.45, 7) is 9.35. The van der Waals surface area contributed by atoms with E-state index >= 15 is 0 Å². The Hall–Kier alpha value is -2.31. The van der Waals surface area contributed by atoms with E-state index < -0.39 is 0 Å². The second kappa shape index (κ2) is 9.99. The Morgan fingerprint density at radius 3 is 2.12 bits per heavy atom. The van der Waals surface area contributed by atoms with Gasteiger partial charge in [0.1, 0.15) is 11.5 Å². The van der Waals surface area contributed by atoms with Crippen LogP contribution in [0.15, 0.2) is 54.6 Å². The lowest BCUT2D eigenvalue weighted by Gasteiger charge is -2.38. The first-order valence-corrected chi connectivity index (χ1v) is 9.58. The minimum Gasteiger partial charge on any atom is -0.457 e. The molecule has 0 amide bonds. The molecule has 1 saturated heterocycles. The maximum Gasteiger partial charge on any atom is 0.127 e. The van der Waals surface area contributed by atoms with Crippen LogP contribution in [0.25, 0.3) is 0 Å². The maximum absolute atomic E-state index is 8.94. The molecular formula is C23H30N2O. The smallest absolute Gasteiger partial charge is 0.127 e. The average Bonchev–Trinajstić information content (AvgIpc) is 2.68. The number of hydrogen-bond acceptors (Lipinski definition) is 3. The van der Waals surface area contributed by atoms with Gasteiger partial charge in [-0.2, -0.15) is 5.26 Å². The van der Waals surface area contributed by atoms with Crippen molar-refractivity contribution in [1.82, 2.24) is 4.90 Å². The molecule has 3 nitrogen and oxygen atoms in total. The molecule has 1 aliphatic rings. The molecule has 3 rings (SSSR count). The van der Waals surface area contributed by atoms with Crippen molar-refractivity contribution >= 4 is 0 Å². The van der Waals surface area contributed by atoms with Crippen LogP contribution in [-0.4, -0.2) is 18.0 Å². The number of nitrogens with zero attached hydrogens (tertiary/aromatic N) is 2. The summed E-state index contributed by atoms with van der Waals surface area (Å²) in [6.07, 6.45) is 2.89. The standard InChI is InChI=1S/C21H24N2O.C2H6/c1-21(11-14-22)12-15-23(16-13-21)17-18-7-9-20(10-8-18)24-19-5-3-2-4-6-19;1-2/h2-10H,11-13,15-17H2,1H3;1-2H3. The molecule has 0 bridgehead atoms. The van der Waals surface area contributed by atoms with E-state index in [-0.39, 0.29) is 5.41 Å². The second-order valence-electron chi connectivity index (χ2n) is 6.98. The van der Waals surface area contributed by atoms with Crippen LogP contribution in [0.5, 0.6) is 11.5 Å². The summed E-state index contributed by atoms with van der Waals surface area (Å²) >= 11 is 0. The van der Waals surface area contributed by atoms with Gasteiger partial charge in [-0.15, -0.1) is 0 Å². The molecule has 2 aromatic carbocycles. The molecular weight excluding hydrogens is 320 g/mol. The van der Waals surface area contributed by atoms with Gasteiger partial charge in [0.05, 0.1) is 6.07 Å². The Balaban J connectivity index is 0.00000117. The molecule has 1 fully saturated rings. The largest absolute Gasteiger partial charge is 0.457 e. The first-order valence-electron chi connectivity index (χ1n) is 9.58. The topological polar surface area (TPSA) is 36.3 Å². The molecule has 1 heterocycles. The number of benzene rings is 2. The third kappa shape index (κ3) is 5.89. The fourth-order valence-corrected chi connectivity index (χ4v) is 3.16. The fraction of sp³-hybridized carbons (Fsp3) is 0.435. The van der Waals surface area contributed by atoms with Gasteiger partial charge in [0.15, 0.2) is 0 Å². The molecule has 0 N–H and O–H groups in total. The number of likely N-dealkylation sites (tertiary alicyclic amines) is 1. The van der Waals surface area contributed by atoms with E-state index in [1.54, 1.807) is 0 Å². The SMILES string of the molecule is CC.CC1(CC#N)CCN(Cc2ccc(Oc3ccccc3)cc2)CC1. The van der Waals surface area contributed by atoms with Crippen LogP contribution >= 0.6 is 0 Å². The van der Waals surface area contributed by atoms with Crippen molar-refractivity contribution in [1.29, 1.82) is 5.26 Å². The van der Waals surface area contributed by atoms with Gasteiger partial charge in [-0.1, -0.05) is 51.1 Å². The van der Waals surface area contributed by atoms with Gasteiger partial charge in [0.25, 0.3) is 0 Å². The van der Waals surface area contributed by atoms with E-state index in [1.807, 2.05) is 56.3 Å². The second-order valence-corrected chi connectivity index (χ2v) is 6.98. The molecule has 0 aliphatic carbocycles. The Morgan fingerprint density at radius 1 is 0.962 bits per heavy atom. The zero-order chi connectivity index (χ0) is 18.8. The van der Waals surface area contributed by atoms with E-state index in [0.29, 0.717) is 6.42 Å². The van der Waals surface area contributed by atoms with Crippen LogP contribution < -0.4 is 4.74 Å². The first kappa shape index (κ1) is 20.0. The van der Waals surface area contributed by atoms with Crippen LogP contribution in [0.4, 0.5) is 0 Å². The molecule has 0 radical (unpaired) electrons. The van der Waals surface area contributed by atoms with Crippen molar-refractivity contribution in [2.24, 2.45) is 5.41 Å². The van der Waals surface area contributed by atoms with Crippen molar-refractivity contribution in [2.75, 3.05) is 13.1 Å². The number of hydrogen-bond donors (Lipinski definition) is 0. The normalized spacial score (nSPS) is 16.1. The predicted octanol–water partition coefficient (Wildman–Crippen LogP) is 6.02. The van der Waals surface area contributed by atoms with Gasteiger partial charge in [0, 0.05) is 13.0 Å². The van der Waals surface area contributed by atoms with Gasteiger partial charge in [-0.3, -0.25) is 4.90 Å². The summed E-state index contributed by atoms with van der Waals surface area (Å²) in [5, 5.41) is 8.94. The lowest BCUT2D eigenvalue weighted by Crippen LogP contribution is -2.38. The van der Waals surface area contributed by atoms with Crippen LogP contribution in [-0.2, 0) is 6.54 Å². The van der Waals surface area contributed by atoms with Crippen molar-refractivity contribution in [3.63, 3.8) is 0 Å². The number of nitriles is 1. The third-order valence-electron chi connectivity index (χ3n) is 4.88. The summed E-state index contributed by atoms with van der Waals surface area (Å²) < 4.78 is 5.83. The Morgan fingerprint density at radius 2 is 1.54 bits per heavy atom. The van der Waals surface area contributed by atoms with Crippen LogP contribution in [0.3, 0.4) is 0 Å². The van der Waals surface area contributed by atoms with Crippen molar-refractivity contribution in [3.8, 4) is 17.6 Å². The average molecular weight is 351 g/mol. The minimum absolute atomic E-state index is 0.207. The van der Waals surface area contributed by atoms with Gasteiger partial charge in [-0.05, 0) is 61.2 Å².